The van der Waals surface area contributed by atoms with Crippen LogP contribution in [0.25, 0.3) is 5.32 Å². The van der Waals surface area contributed by atoms with Crippen LogP contribution in [-0.4, -0.2) is 39.3 Å². The van der Waals surface area contributed by atoms with Gasteiger partial charge in [-0.3, -0.25) is 0 Å². The summed E-state index contributed by atoms with van der Waals surface area (Å²) >= 11 is 0. The fourth-order valence-electron chi connectivity index (χ4n) is 1.33. The van der Waals surface area contributed by atoms with E-state index in [2.05, 4.69) is 16.0 Å². The van der Waals surface area contributed by atoms with E-state index in [1.807, 2.05) is 0 Å². The van der Waals surface area contributed by atoms with E-state index in [9.17, 15) is 0 Å². The molecule has 1 rings (SSSR count). The van der Waals surface area contributed by atoms with E-state index in [0.29, 0.717) is 0 Å². The molecule has 0 radical (unpaired) electrons. The van der Waals surface area contributed by atoms with E-state index in [-0.39, 0.29) is 41.6 Å². The molecule has 1 aliphatic rings. The smallest absolute Gasteiger partial charge is 0.662 e. The largest absolute Gasteiger partial charge is 2.00 e. The average Bonchev–Trinajstić information content (AvgIpc) is 2.05. The summed E-state index contributed by atoms with van der Waals surface area (Å²) < 4.78 is 0. The number of hydrogen-bond acceptors (Lipinski definition) is 2. The topological polar surface area (TPSA) is 38.2 Å². The predicted octanol–water partition coefficient (Wildman–Crippen LogP) is 1.59. The van der Waals surface area contributed by atoms with Crippen LogP contribution in [0.15, 0.2) is 0 Å². The SMILES string of the molecule is C1C[N-]CCCNCCCNC1.Cl.[CH3-].[Ti+2]. The van der Waals surface area contributed by atoms with E-state index in [1.165, 1.54) is 19.3 Å². The van der Waals surface area contributed by atoms with E-state index in [0.717, 1.165) is 39.3 Å². The van der Waals surface area contributed by atoms with Crippen LogP contribution in [0, 0.1) is 7.43 Å². The van der Waals surface area contributed by atoms with Gasteiger partial charge >= 0.3 is 21.7 Å². The second kappa shape index (κ2) is 17.3. The van der Waals surface area contributed by atoms with Gasteiger partial charge in [0.05, 0.1) is 0 Å². The van der Waals surface area contributed by atoms with E-state index >= 15 is 0 Å². The van der Waals surface area contributed by atoms with Gasteiger partial charge in [0.25, 0.3) is 0 Å². The summed E-state index contributed by atoms with van der Waals surface area (Å²) in [7, 11) is 0. The van der Waals surface area contributed by atoms with Crippen molar-refractivity contribution in [3.8, 4) is 0 Å². The molecule has 0 spiro atoms. The zero-order chi connectivity index (χ0) is 8.49. The molecule has 90 valence electrons. The molecule has 0 unspecified atom stereocenters. The monoisotopic (exact) mass is 269 g/mol. The molecule has 3 nitrogen and oxygen atoms in total. The van der Waals surface area contributed by atoms with E-state index in [4.69, 9.17) is 0 Å². The Morgan fingerprint density at radius 3 is 1.60 bits per heavy atom. The summed E-state index contributed by atoms with van der Waals surface area (Å²) in [5.41, 5.74) is 0. The first-order chi connectivity index (χ1) is 6.00. The van der Waals surface area contributed by atoms with E-state index in [1.54, 1.807) is 0 Å². The normalized spacial score (nSPS) is 19.2. The third-order valence-electron chi connectivity index (χ3n) is 2.05. The molecule has 0 aromatic carbocycles. The molecule has 1 heterocycles. The van der Waals surface area contributed by atoms with Gasteiger partial charge in [0.2, 0.25) is 0 Å². The molecule has 1 saturated heterocycles. The van der Waals surface area contributed by atoms with Gasteiger partial charge in [-0.15, -0.1) is 25.5 Å². The van der Waals surface area contributed by atoms with Gasteiger partial charge < -0.3 is 23.4 Å². The van der Waals surface area contributed by atoms with Crippen molar-refractivity contribution in [2.75, 3.05) is 39.3 Å². The second-order valence-electron chi connectivity index (χ2n) is 3.23. The fourth-order valence-corrected chi connectivity index (χ4v) is 1.33. The molecular formula is C10H24ClN3Ti. The van der Waals surface area contributed by atoms with Crippen LogP contribution in [0.4, 0.5) is 0 Å². The maximum atomic E-state index is 4.42. The number of rotatable bonds is 0. The van der Waals surface area contributed by atoms with Gasteiger partial charge in [-0.1, -0.05) is 12.8 Å². The van der Waals surface area contributed by atoms with Gasteiger partial charge in [-0.25, -0.2) is 0 Å². The maximum Gasteiger partial charge on any atom is 2.00 e. The Labute approximate surface area is 116 Å². The van der Waals surface area contributed by atoms with Crippen LogP contribution in [0.1, 0.15) is 19.3 Å². The third-order valence-corrected chi connectivity index (χ3v) is 2.05. The number of halogens is 1. The summed E-state index contributed by atoms with van der Waals surface area (Å²) in [6.07, 6.45) is 3.65. The molecule has 0 atom stereocenters. The minimum atomic E-state index is 0. The van der Waals surface area contributed by atoms with Crippen molar-refractivity contribution in [3.63, 3.8) is 0 Å². The zero-order valence-electron chi connectivity index (χ0n) is 9.72. The summed E-state index contributed by atoms with van der Waals surface area (Å²) in [6.45, 7) is 6.62. The number of hydrogen-bond donors (Lipinski definition) is 2. The first-order valence-corrected chi connectivity index (χ1v) is 5.05. The van der Waals surface area contributed by atoms with E-state index < -0.39 is 0 Å². The summed E-state index contributed by atoms with van der Waals surface area (Å²) in [4.78, 5) is 0. The predicted molar refractivity (Wildman–Crippen MR) is 66.3 cm³/mol. The van der Waals surface area contributed by atoms with Crippen LogP contribution >= 0.6 is 12.4 Å². The molecule has 0 aliphatic carbocycles. The Balaban J connectivity index is -0.000000480. The average molecular weight is 270 g/mol. The van der Waals surface area contributed by atoms with Crippen molar-refractivity contribution >= 4 is 12.4 Å². The molecule has 5 heteroatoms. The third kappa shape index (κ3) is 14.9. The molecule has 2 N–H and O–H groups in total. The molecule has 0 aromatic rings. The molecule has 1 fully saturated rings. The zero-order valence-corrected chi connectivity index (χ0v) is 12.1. The van der Waals surface area contributed by atoms with Gasteiger partial charge in [-0.05, 0) is 32.6 Å². The van der Waals surface area contributed by atoms with Crippen LogP contribution < -0.4 is 10.6 Å². The van der Waals surface area contributed by atoms with Gasteiger partial charge in [0, 0.05) is 0 Å². The molecule has 0 saturated carbocycles. The van der Waals surface area contributed by atoms with Crippen LogP contribution in [0.3, 0.4) is 0 Å². The standard InChI is InChI=1S/C9H20N3.CH3.ClH.Ti/c1-4-10-6-2-8-12-9-3-7-11-5-1;;;/h10-11H,1-9H2;1H3;1H;/q2*-1;;+2. The molecule has 1 aliphatic heterocycles. The van der Waals surface area contributed by atoms with Crippen molar-refractivity contribution in [2.24, 2.45) is 0 Å². The Bertz CT molecular complexity index is 63.6. The molecule has 15 heavy (non-hydrogen) atoms. The van der Waals surface area contributed by atoms with Gasteiger partial charge in [0.15, 0.2) is 0 Å². The number of nitrogens with zero attached hydrogens (tertiary/aromatic N) is 1. The fraction of sp³-hybridized carbons (Fsp3) is 0.900. The van der Waals surface area contributed by atoms with Crippen molar-refractivity contribution in [1.29, 1.82) is 0 Å². The summed E-state index contributed by atoms with van der Waals surface area (Å²) in [5.74, 6) is 0. The van der Waals surface area contributed by atoms with Crippen molar-refractivity contribution in [2.45, 2.75) is 19.3 Å². The summed E-state index contributed by atoms with van der Waals surface area (Å²) in [5, 5.41) is 11.2. The first kappa shape index (κ1) is 21.2. The minimum absolute atomic E-state index is 0. The molecule has 0 aromatic heterocycles. The van der Waals surface area contributed by atoms with Gasteiger partial charge in [0.1, 0.15) is 0 Å². The van der Waals surface area contributed by atoms with Gasteiger partial charge in [-0.2, -0.15) is 0 Å². The first-order valence-electron chi connectivity index (χ1n) is 5.05. The maximum absolute atomic E-state index is 4.42. The Hall–Kier alpha value is 0.884. The Morgan fingerprint density at radius 1 is 0.733 bits per heavy atom. The number of nitrogens with one attached hydrogen (secondary N) is 2. The van der Waals surface area contributed by atoms with Crippen LogP contribution in [-0.2, 0) is 21.7 Å². The minimum Gasteiger partial charge on any atom is -0.662 e. The Morgan fingerprint density at radius 2 is 1.13 bits per heavy atom. The van der Waals surface area contributed by atoms with Crippen LogP contribution in [0.5, 0.6) is 0 Å². The van der Waals surface area contributed by atoms with Crippen LogP contribution in [0.2, 0.25) is 0 Å². The molecule has 0 amide bonds. The molecular weight excluding hydrogens is 245 g/mol. The van der Waals surface area contributed by atoms with Crippen molar-refractivity contribution in [3.05, 3.63) is 12.7 Å². The quantitative estimate of drug-likeness (QED) is 0.518. The second-order valence-corrected chi connectivity index (χ2v) is 3.23. The molecule has 0 bridgehead atoms. The van der Waals surface area contributed by atoms with Crippen molar-refractivity contribution in [1.82, 2.24) is 10.6 Å². The van der Waals surface area contributed by atoms with Crippen molar-refractivity contribution < 1.29 is 21.7 Å². The Kier molecular flexibility index (Phi) is 24.4. The summed E-state index contributed by atoms with van der Waals surface area (Å²) in [6, 6.07) is 0.